The fourth-order valence-electron chi connectivity index (χ4n) is 3.86. The van der Waals surface area contributed by atoms with E-state index < -0.39 is 0 Å². The molecular weight excluding hydrogens is 208 g/mol. The van der Waals surface area contributed by atoms with E-state index in [1.807, 2.05) is 0 Å². The molecule has 17 heavy (non-hydrogen) atoms. The van der Waals surface area contributed by atoms with E-state index >= 15 is 0 Å². The highest BCUT2D eigenvalue weighted by Gasteiger charge is 2.33. The molecule has 0 heterocycles. The fraction of sp³-hybridized carbons (Fsp3) is 0.625. The molecule has 3 rings (SSSR count). The van der Waals surface area contributed by atoms with Crippen molar-refractivity contribution in [2.75, 3.05) is 7.11 Å². The number of hydrogen-bond acceptors (Lipinski definition) is 1. The smallest absolute Gasteiger partial charge is 0.119 e. The first kappa shape index (κ1) is 11.1. The van der Waals surface area contributed by atoms with Gasteiger partial charge in [0.1, 0.15) is 5.75 Å². The van der Waals surface area contributed by atoms with Crippen LogP contribution in [-0.2, 0) is 6.42 Å². The first-order valence-electron chi connectivity index (χ1n) is 6.94. The zero-order valence-electron chi connectivity index (χ0n) is 10.9. The lowest BCUT2D eigenvalue weighted by atomic mass is 9.66. The Morgan fingerprint density at radius 1 is 1.18 bits per heavy atom. The van der Waals surface area contributed by atoms with Crippen LogP contribution in [0.15, 0.2) is 18.2 Å². The summed E-state index contributed by atoms with van der Waals surface area (Å²) in [7, 11) is 1.76. The number of ether oxygens (including phenoxy) is 1. The minimum atomic E-state index is 0.834. The van der Waals surface area contributed by atoms with Crippen LogP contribution in [0.1, 0.15) is 49.7 Å². The minimum absolute atomic E-state index is 0.834. The second kappa shape index (κ2) is 4.36. The second-order valence-electron chi connectivity index (χ2n) is 5.89. The fourth-order valence-corrected chi connectivity index (χ4v) is 3.86. The maximum Gasteiger partial charge on any atom is 0.119 e. The molecule has 3 unspecified atom stereocenters. The molecule has 1 heteroatoms. The van der Waals surface area contributed by atoms with Gasteiger partial charge in [-0.05, 0) is 66.7 Å². The number of fused-ring (bicyclic) bond motifs is 3. The lowest BCUT2D eigenvalue weighted by Crippen LogP contribution is -2.27. The normalized spacial score (nSPS) is 31.5. The van der Waals surface area contributed by atoms with Crippen molar-refractivity contribution in [3.8, 4) is 5.75 Å². The molecule has 1 fully saturated rings. The maximum absolute atomic E-state index is 5.33. The van der Waals surface area contributed by atoms with Crippen LogP contribution >= 0.6 is 0 Å². The van der Waals surface area contributed by atoms with Crippen molar-refractivity contribution >= 4 is 0 Å². The van der Waals surface area contributed by atoms with Crippen molar-refractivity contribution in [3.63, 3.8) is 0 Å². The van der Waals surface area contributed by atoms with Crippen LogP contribution in [0, 0.1) is 11.8 Å². The monoisotopic (exact) mass is 230 g/mol. The van der Waals surface area contributed by atoms with Gasteiger partial charge in [0.25, 0.3) is 0 Å². The maximum atomic E-state index is 5.33. The molecule has 1 nitrogen and oxygen atoms in total. The summed E-state index contributed by atoms with van der Waals surface area (Å²) in [5.41, 5.74) is 3.16. The highest BCUT2D eigenvalue weighted by Crippen LogP contribution is 2.47. The zero-order chi connectivity index (χ0) is 11.8. The van der Waals surface area contributed by atoms with Crippen molar-refractivity contribution in [2.45, 2.75) is 44.9 Å². The van der Waals surface area contributed by atoms with Crippen LogP contribution in [-0.4, -0.2) is 7.11 Å². The number of benzene rings is 1. The van der Waals surface area contributed by atoms with Crippen molar-refractivity contribution in [1.29, 1.82) is 0 Å². The summed E-state index contributed by atoms with van der Waals surface area (Å²) in [5.74, 6) is 3.74. The van der Waals surface area contributed by atoms with E-state index in [4.69, 9.17) is 4.74 Å². The van der Waals surface area contributed by atoms with Crippen LogP contribution in [0.5, 0.6) is 5.75 Å². The molecule has 92 valence electrons. The third kappa shape index (κ3) is 1.96. The number of hydrogen-bond donors (Lipinski definition) is 0. The lowest BCUT2D eigenvalue weighted by Gasteiger charge is -2.39. The molecule has 2 aliphatic carbocycles. The molecule has 0 aliphatic heterocycles. The number of rotatable bonds is 1. The van der Waals surface area contributed by atoms with Gasteiger partial charge in [0.15, 0.2) is 0 Å². The zero-order valence-corrected chi connectivity index (χ0v) is 10.9. The average Bonchev–Trinajstić information content (AvgIpc) is 2.37. The van der Waals surface area contributed by atoms with Gasteiger partial charge in [-0.15, -0.1) is 0 Å². The van der Waals surface area contributed by atoms with Crippen LogP contribution in [0.25, 0.3) is 0 Å². The van der Waals surface area contributed by atoms with E-state index in [2.05, 4.69) is 25.1 Å². The largest absolute Gasteiger partial charge is 0.497 e. The van der Waals surface area contributed by atoms with Crippen LogP contribution in [0.2, 0.25) is 0 Å². The summed E-state index contributed by atoms with van der Waals surface area (Å²) < 4.78 is 5.33. The summed E-state index contributed by atoms with van der Waals surface area (Å²) in [6.45, 7) is 2.42. The van der Waals surface area contributed by atoms with Gasteiger partial charge in [-0.2, -0.15) is 0 Å². The van der Waals surface area contributed by atoms with E-state index in [0.717, 1.165) is 23.5 Å². The molecule has 0 N–H and O–H groups in total. The minimum Gasteiger partial charge on any atom is -0.497 e. The molecule has 0 spiro atoms. The molecule has 1 aromatic carbocycles. The molecule has 1 saturated carbocycles. The van der Waals surface area contributed by atoms with Crippen molar-refractivity contribution in [1.82, 2.24) is 0 Å². The van der Waals surface area contributed by atoms with Crippen molar-refractivity contribution in [3.05, 3.63) is 29.3 Å². The van der Waals surface area contributed by atoms with E-state index in [0.29, 0.717) is 0 Å². The Bertz CT molecular complexity index is 410. The van der Waals surface area contributed by atoms with E-state index in [-0.39, 0.29) is 0 Å². The third-order valence-electron chi connectivity index (χ3n) is 4.78. The predicted molar refractivity (Wildman–Crippen MR) is 70.6 cm³/mol. The predicted octanol–water partition coefficient (Wildman–Crippen LogP) is 4.16. The Balaban J connectivity index is 1.91. The third-order valence-corrected chi connectivity index (χ3v) is 4.78. The Morgan fingerprint density at radius 3 is 2.88 bits per heavy atom. The van der Waals surface area contributed by atoms with E-state index in [9.17, 15) is 0 Å². The van der Waals surface area contributed by atoms with E-state index in [1.54, 1.807) is 18.2 Å². The van der Waals surface area contributed by atoms with Gasteiger partial charge in [0.05, 0.1) is 7.11 Å². The van der Waals surface area contributed by atoms with Gasteiger partial charge in [0, 0.05) is 0 Å². The van der Waals surface area contributed by atoms with Crippen molar-refractivity contribution < 1.29 is 4.74 Å². The molecule has 0 radical (unpaired) electrons. The van der Waals surface area contributed by atoms with Gasteiger partial charge < -0.3 is 4.74 Å². The van der Waals surface area contributed by atoms with Gasteiger partial charge in [-0.25, -0.2) is 0 Å². The van der Waals surface area contributed by atoms with Crippen LogP contribution < -0.4 is 4.74 Å². The second-order valence-corrected chi connectivity index (χ2v) is 5.89. The topological polar surface area (TPSA) is 9.23 Å². The molecular formula is C16H22O. The highest BCUT2D eigenvalue weighted by molar-refractivity contribution is 5.40. The summed E-state index contributed by atoms with van der Waals surface area (Å²) >= 11 is 0. The summed E-state index contributed by atoms with van der Waals surface area (Å²) in [5, 5.41) is 0. The lowest BCUT2D eigenvalue weighted by molar-refractivity contribution is 0.221. The van der Waals surface area contributed by atoms with Gasteiger partial charge in [-0.1, -0.05) is 19.4 Å². The van der Waals surface area contributed by atoms with Gasteiger partial charge in [-0.3, -0.25) is 0 Å². The Kier molecular flexibility index (Phi) is 2.85. The molecule has 3 atom stereocenters. The highest BCUT2D eigenvalue weighted by atomic mass is 16.5. The Morgan fingerprint density at radius 2 is 2.06 bits per heavy atom. The summed E-state index contributed by atoms with van der Waals surface area (Å²) in [4.78, 5) is 0. The molecule has 0 bridgehead atoms. The Hall–Kier alpha value is -0.980. The number of aryl methyl sites for hydroxylation is 1. The Labute approximate surface area is 104 Å². The quantitative estimate of drug-likeness (QED) is 0.704. The summed E-state index contributed by atoms with van der Waals surface area (Å²) in [6.07, 6.45) is 6.88. The first-order valence-corrected chi connectivity index (χ1v) is 6.94. The summed E-state index contributed by atoms with van der Waals surface area (Å²) in [6, 6.07) is 6.71. The molecule has 1 aromatic rings. The van der Waals surface area contributed by atoms with Crippen molar-refractivity contribution in [2.24, 2.45) is 11.8 Å². The van der Waals surface area contributed by atoms with Gasteiger partial charge in [0.2, 0.25) is 0 Å². The van der Waals surface area contributed by atoms with Crippen LogP contribution in [0.4, 0.5) is 0 Å². The molecule has 2 aliphatic rings. The first-order chi connectivity index (χ1) is 8.28. The average molecular weight is 230 g/mol. The molecule has 0 aromatic heterocycles. The SMILES string of the molecule is COc1ccc2c(c1)CCC1CC(C)CCC21. The van der Waals surface area contributed by atoms with Gasteiger partial charge >= 0.3 is 0 Å². The standard InChI is InChI=1S/C16H22O/c1-11-3-7-15-12(9-11)4-5-13-10-14(17-2)6-8-16(13)15/h6,8,10-12,15H,3-5,7,9H2,1-2H3. The molecule has 0 saturated heterocycles. The van der Waals surface area contributed by atoms with E-state index in [1.165, 1.54) is 32.1 Å². The van der Waals surface area contributed by atoms with Crippen LogP contribution in [0.3, 0.4) is 0 Å². The molecule has 0 amide bonds. The number of methoxy groups -OCH3 is 1.